The molecule has 0 bridgehead atoms. The Morgan fingerprint density at radius 1 is 1.35 bits per heavy atom. The second kappa shape index (κ2) is 6.45. The van der Waals surface area contributed by atoms with Crippen molar-refractivity contribution >= 4 is 5.91 Å². The van der Waals surface area contributed by atoms with Gasteiger partial charge in [0.1, 0.15) is 16.9 Å². The number of rotatable bonds is 5. The van der Waals surface area contributed by atoms with Crippen molar-refractivity contribution in [3.8, 4) is 23.1 Å². The van der Waals surface area contributed by atoms with Gasteiger partial charge < -0.3 is 9.64 Å². The molecule has 1 amide bonds. The van der Waals surface area contributed by atoms with Crippen molar-refractivity contribution < 1.29 is 9.53 Å². The van der Waals surface area contributed by atoms with Gasteiger partial charge in [-0.25, -0.2) is 4.68 Å². The van der Waals surface area contributed by atoms with E-state index in [4.69, 9.17) is 4.74 Å². The van der Waals surface area contributed by atoms with Crippen LogP contribution in [0.4, 0.5) is 0 Å². The van der Waals surface area contributed by atoms with Crippen LogP contribution in [0.25, 0.3) is 11.3 Å². The van der Waals surface area contributed by atoms with E-state index >= 15 is 0 Å². The molecular weight excluding hydrogens is 330 g/mol. The number of hydrogen-bond donors (Lipinski definition) is 0. The number of ether oxygens (including phenoxy) is 1. The molecule has 134 valence electrons. The van der Waals surface area contributed by atoms with Crippen molar-refractivity contribution in [3.63, 3.8) is 0 Å². The van der Waals surface area contributed by atoms with E-state index in [0.717, 1.165) is 23.4 Å². The largest absolute Gasteiger partial charge is 0.494 e. The van der Waals surface area contributed by atoms with Gasteiger partial charge in [-0.2, -0.15) is 5.26 Å². The summed E-state index contributed by atoms with van der Waals surface area (Å²) in [5, 5.41) is 17.8. The van der Waals surface area contributed by atoms with Gasteiger partial charge in [0.2, 0.25) is 5.91 Å². The van der Waals surface area contributed by atoms with Gasteiger partial charge in [0.05, 0.1) is 24.9 Å². The number of hydrogen-bond acceptors (Lipinski definition) is 5. The molecule has 1 saturated heterocycles. The van der Waals surface area contributed by atoms with Gasteiger partial charge in [0, 0.05) is 18.7 Å². The summed E-state index contributed by atoms with van der Waals surface area (Å²) < 4.78 is 7.26. The van der Waals surface area contributed by atoms with Crippen molar-refractivity contribution in [2.45, 2.75) is 32.2 Å². The van der Waals surface area contributed by atoms with Gasteiger partial charge >= 0.3 is 0 Å². The monoisotopic (exact) mass is 351 g/mol. The molecular formula is C19H21N5O2. The summed E-state index contributed by atoms with van der Waals surface area (Å²) in [4.78, 5) is 14.3. The zero-order chi connectivity index (χ0) is 18.1. The first-order valence-corrected chi connectivity index (χ1v) is 9.01. The Labute approximate surface area is 152 Å². The fraction of sp³-hybridized carbons (Fsp3) is 0.474. The van der Waals surface area contributed by atoms with E-state index in [0.29, 0.717) is 32.5 Å². The molecule has 2 fully saturated rings. The molecule has 2 heterocycles. The van der Waals surface area contributed by atoms with Crippen molar-refractivity contribution in [2.75, 3.05) is 19.7 Å². The van der Waals surface area contributed by atoms with Crippen molar-refractivity contribution in [1.29, 1.82) is 5.26 Å². The Morgan fingerprint density at radius 3 is 2.65 bits per heavy atom. The molecule has 0 unspecified atom stereocenters. The quantitative estimate of drug-likeness (QED) is 0.826. The van der Waals surface area contributed by atoms with Crippen LogP contribution >= 0.6 is 0 Å². The molecule has 1 aliphatic carbocycles. The Hall–Kier alpha value is -2.88. The van der Waals surface area contributed by atoms with E-state index in [1.807, 2.05) is 42.1 Å². The van der Waals surface area contributed by atoms with E-state index in [1.165, 1.54) is 0 Å². The van der Waals surface area contributed by atoms with Gasteiger partial charge in [-0.1, -0.05) is 5.21 Å². The van der Waals surface area contributed by atoms with E-state index < -0.39 is 5.41 Å². The molecule has 26 heavy (non-hydrogen) atoms. The van der Waals surface area contributed by atoms with Crippen LogP contribution in [0.15, 0.2) is 30.5 Å². The normalized spacial score (nSPS) is 18.5. The van der Waals surface area contributed by atoms with E-state index in [9.17, 15) is 10.1 Å². The number of carbonyl (C=O) groups excluding carboxylic acids is 1. The predicted molar refractivity (Wildman–Crippen MR) is 94.1 cm³/mol. The maximum atomic E-state index is 12.5. The lowest BCUT2D eigenvalue weighted by Gasteiger charge is -2.45. The predicted octanol–water partition coefficient (Wildman–Crippen LogP) is 2.42. The van der Waals surface area contributed by atoms with Crippen molar-refractivity contribution in [2.24, 2.45) is 5.41 Å². The van der Waals surface area contributed by atoms with Gasteiger partial charge in [0.25, 0.3) is 0 Å². The lowest BCUT2D eigenvalue weighted by Crippen LogP contribution is -2.57. The molecule has 1 aromatic heterocycles. The van der Waals surface area contributed by atoms with Crippen LogP contribution in [-0.4, -0.2) is 45.5 Å². The first-order valence-electron chi connectivity index (χ1n) is 9.01. The van der Waals surface area contributed by atoms with E-state index in [-0.39, 0.29) is 11.9 Å². The standard InChI is InChI=1S/C19H21N5O2/c1-2-26-16-6-4-14(5-7-16)17-12-24(22-21-17)15-10-23(11-15)18(25)19(13-20)8-3-9-19/h4-7,12,15H,2-3,8-11H2,1H3. The zero-order valence-corrected chi connectivity index (χ0v) is 14.8. The molecule has 0 atom stereocenters. The molecule has 2 aromatic rings. The molecule has 0 N–H and O–H groups in total. The third kappa shape index (κ3) is 2.71. The number of amides is 1. The summed E-state index contributed by atoms with van der Waals surface area (Å²) in [7, 11) is 0. The molecule has 2 aliphatic rings. The highest BCUT2D eigenvalue weighted by Crippen LogP contribution is 2.43. The Kier molecular flexibility index (Phi) is 4.11. The molecule has 4 rings (SSSR count). The average molecular weight is 351 g/mol. The first-order chi connectivity index (χ1) is 12.6. The minimum absolute atomic E-state index is 0.0191. The molecule has 7 heteroatoms. The molecule has 0 radical (unpaired) electrons. The Bertz CT molecular complexity index is 842. The third-order valence-corrected chi connectivity index (χ3v) is 5.33. The highest BCUT2D eigenvalue weighted by atomic mass is 16.5. The SMILES string of the molecule is CCOc1ccc(-c2cn(C3CN(C(=O)C4(C#N)CCC4)C3)nn2)cc1. The number of aromatic nitrogens is 3. The van der Waals surface area contributed by atoms with Crippen LogP contribution in [0.1, 0.15) is 32.2 Å². The number of nitriles is 1. The maximum absolute atomic E-state index is 12.5. The van der Waals surface area contributed by atoms with Crippen molar-refractivity contribution in [1.82, 2.24) is 19.9 Å². The summed E-state index contributed by atoms with van der Waals surface area (Å²) in [5.74, 6) is 0.813. The van der Waals surface area contributed by atoms with Gasteiger partial charge in [-0.3, -0.25) is 4.79 Å². The second-order valence-corrected chi connectivity index (χ2v) is 6.95. The smallest absolute Gasteiger partial charge is 0.243 e. The van der Waals surface area contributed by atoms with Gasteiger partial charge in [0.15, 0.2) is 0 Å². The third-order valence-electron chi connectivity index (χ3n) is 5.33. The van der Waals surface area contributed by atoms with Crippen LogP contribution in [0.3, 0.4) is 0 Å². The second-order valence-electron chi connectivity index (χ2n) is 6.95. The minimum atomic E-state index is -0.763. The van der Waals surface area contributed by atoms with Crippen molar-refractivity contribution in [3.05, 3.63) is 30.5 Å². The summed E-state index contributed by atoms with van der Waals surface area (Å²) in [6.07, 6.45) is 4.25. The fourth-order valence-corrected chi connectivity index (χ4v) is 3.47. The molecule has 0 spiro atoms. The zero-order valence-electron chi connectivity index (χ0n) is 14.8. The van der Waals surface area contributed by atoms with Crippen LogP contribution < -0.4 is 4.74 Å². The molecule has 1 saturated carbocycles. The minimum Gasteiger partial charge on any atom is -0.494 e. The lowest BCUT2D eigenvalue weighted by atomic mass is 9.68. The van der Waals surface area contributed by atoms with Gasteiger partial charge in [-0.15, -0.1) is 5.10 Å². The number of benzene rings is 1. The first kappa shape index (κ1) is 16.6. The van der Waals surface area contributed by atoms with Gasteiger partial charge in [-0.05, 0) is 50.5 Å². The number of likely N-dealkylation sites (tertiary alicyclic amines) is 1. The maximum Gasteiger partial charge on any atom is 0.243 e. The van der Waals surface area contributed by atoms with E-state index in [1.54, 1.807) is 4.90 Å². The van der Waals surface area contributed by atoms with Crippen LogP contribution in [0.2, 0.25) is 0 Å². The lowest BCUT2D eigenvalue weighted by molar-refractivity contribution is -0.149. The van der Waals surface area contributed by atoms with Crippen LogP contribution in [-0.2, 0) is 4.79 Å². The van der Waals surface area contributed by atoms with Crippen LogP contribution in [0, 0.1) is 16.7 Å². The fourth-order valence-electron chi connectivity index (χ4n) is 3.47. The molecule has 1 aliphatic heterocycles. The average Bonchev–Trinajstić information content (AvgIpc) is 3.04. The summed E-state index contributed by atoms with van der Waals surface area (Å²) >= 11 is 0. The number of nitrogens with zero attached hydrogens (tertiary/aromatic N) is 5. The Balaban J connectivity index is 1.39. The summed E-state index contributed by atoms with van der Waals surface area (Å²) in [5.41, 5.74) is 1.01. The summed E-state index contributed by atoms with van der Waals surface area (Å²) in [6, 6.07) is 10.1. The van der Waals surface area contributed by atoms with Crippen LogP contribution in [0.5, 0.6) is 5.75 Å². The highest BCUT2D eigenvalue weighted by Gasteiger charge is 2.49. The Morgan fingerprint density at radius 2 is 2.08 bits per heavy atom. The summed E-state index contributed by atoms with van der Waals surface area (Å²) in [6.45, 7) is 3.78. The molecule has 1 aromatic carbocycles. The number of carbonyl (C=O) groups is 1. The molecule has 7 nitrogen and oxygen atoms in total. The highest BCUT2D eigenvalue weighted by molar-refractivity contribution is 5.87. The topological polar surface area (TPSA) is 84.0 Å². The van der Waals surface area contributed by atoms with E-state index in [2.05, 4.69) is 16.4 Å².